The smallest absolute Gasteiger partial charge is 0.330 e. The normalized spacial score (nSPS) is 11.0. The van der Waals surface area contributed by atoms with Gasteiger partial charge >= 0.3 is 5.97 Å². The van der Waals surface area contributed by atoms with Gasteiger partial charge < -0.3 is 4.74 Å². The van der Waals surface area contributed by atoms with E-state index in [-0.39, 0.29) is 5.97 Å². The van der Waals surface area contributed by atoms with Crippen molar-refractivity contribution in [2.24, 2.45) is 0 Å². The molecule has 0 fully saturated rings. The van der Waals surface area contributed by atoms with E-state index >= 15 is 0 Å². The van der Waals surface area contributed by atoms with Crippen LogP contribution >= 0.6 is 0 Å². The van der Waals surface area contributed by atoms with E-state index in [1.807, 2.05) is 6.08 Å². The molecule has 0 aliphatic heterocycles. The first-order valence-electron chi connectivity index (χ1n) is 7.55. The van der Waals surface area contributed by atoms with E-state index in [0.717, 1.165) is 6.42 Å². The van der Waals surface area contributed by atoms with Crippen molar-refractivity contribution in [3.63, 3.8) is 0 Å². The van der Waals surface area contributed by atoms with Crippen LogP contribution < -0.4 is 0 Å². The Morgan fingerprint density at radius 2 is 1.39 bits per heavy atom. The lowest BCUT2D eigenvalue weighted by atomic mass is 10.1. The number of hydrogen-bond donors (Lipinski definition) is 0. The van der Waals surface area contributed by atoms with Crippen LogP contribution in [0.15, 0.2) is 12.2 Å². The van der Waals surface area contributed by atoms with Gasteiger partial charge in [0.15, 0.2) is 0 Å². The number of carbonyl (C=O) groups excluding carboxylic acids is 1. The quantitative estimate of drug-likeness (QED) is 0.277. The van der Waals surface area contributed by atoms with Gasteiger partial charge in [-0.05, 0) is 12.8 Å². The van der Waals surface area contributed by atoms with Crippen molar-refractivity contribution in [2.75, 3.05) is 7.11 Å². The van der Waals surface area contributed by atoms with E-state index in [9.17, 15) is 4.79 Å². The highest BCUT2D eigenvalue weighted by Crippen LogP contribution is 2.11. The standard InChI is InChI=1S/C16H30O2/c1-3-4-5-6-7-8-9-10-11-12-13-14-15-16(17)18-2/h14-15H,3-13H2,1-2H3/b15-14+. The summed E-state index contributed by atoms with van der Waals surface area (Å²) in [6, 6.07) is 0. The summed E-state index contributed by atoms with van der Waals surface area (Å²) in [5.74, 6) is -0.248. The van der Waals surface area contributed by atoms with Gasteiger partial charge in [-0.3, -0.25) is 0 Å². The minimum Gasteiger partial charge on any atom is -0.466 e. The van der Waals surface area contributed by atoms with Gasteiger partial charge in [-0.1, -0.05) is 70.8 Å². The topological polar surface area (TPSA) is 26.3 Å². The zero-order valence-corrected chi connectivity index (χ0v) is 12.2. The molecule has 0 aliphatic rings. The van der Waals surface area contributed by atoms with Crippen LogP contribution in [-0.2, 0) is 9.53 Å². The highest BCUT2D eigenvalue weighted by Gasteiger charge is 1.93. The third-order valence-corrected chi connectivity index (χ3v) is 3.18. The molecule has 0 aromatic rings. The van der Waals surface area contributed by atoms with E-state index in [2.05, 4.69) is 11.7 Å². The Labute approximate surface area is 113 Å². The highest BCUT2D eigenvalue weighted by molar-refractivity contribution is 5.81. The van der Waals surface area contributed by atoms with Gasteiger partial charge in [0, 0.05) is 6.08 Å². The molecule has 2 nitrogen and oxygen atoms in total. The Kier molecular flexibility index (Phi) is 13.6. The Morgan fingerprint density at radius 3 is 1.89 bits per heavy atom. The first kappa shape index (κ1) is 17.2. The van der Waals surface area contributed by atoms with Crippen LogP contribution in [0.1, 0.15) is 77.6 Å². The molecule has 0 rings (SSSR count). The summed E-state index contributed by atoms with van der Waals surface area (Å²) in [5.41, 5.74) is 0. The molecule has 2 heteroatoms. The van der Waals surface area contributed by atoms with E-state index in [0.29, 0.717) is 0 Å². The predicted molar refractivity (Wildman–Crippen MR) is 77.6 cm³/mol. The van der Waals surface area contributed by atoms with Crippen LogP contribution in [0.25, 0.3) is 0 Å². The van der Waals surface area contributed by atoms with Gasteiger partial charge in [0.25, 0.3) is 0 Å². The van der Waals surface area contributed by atoms with Crippen LogP contribution in [0.3, 0.4) is 0 Å². The Morgan fingerprint density at radius 1 is 0.889 bits per heavy atom. The van der Waals surface area contributed by atoms with E-state index < -0.39 is 0 Å². The monoisotopic (exact) mass is 254 g/mol. The van der Waals surface area contributed by atoms with Gasteiger partial charge in [-0.15, -0.1) is 0 Å². The molecular weight excluding hydrogens is 224 g/mol. The van der Waals surface area contributed by atoms with E-state index in [4.69, 9.17) is 0 Å². The number of esters is 1. The third-order valence-electron chi connectivity index (χ3n) is 3.18. The van der Waals surface area contributed by atoms with Crippen molar-refractivity contribution in [3.8, 4) is 0 Å². The van der Waals surface area contributed by atoms with E-state index in [1.165, 1.54) is 77.4 Å². The van der Waals surface area contributed by atoms with Crippen LogP contribution in [0.5, 0.6) is 0 Å². The van der Waals surface area contributed by atoms with Crippen molar-refractivity contribution >= 4 is 5.97 Å². The summed E-state index contributed by atoms with van der Waals surface area (Å²) in [6.07, 6.45) is 17.9. The predicted octanol–water partition coefficient (Wildman–Crippen LogP) is 5.03. The molecule has 0 bridgehead atoms. The third kappa shape index (κ3) is 13.3. The molecule has 0 unspecified atom stereocenters. The molecule has 0 amide bonds. The van der Waals surface area contributed by atoms with Gasteiger partial charge in [-0.2, -0.15) is 0 Å². The SMILES string of the molecule is CCCCCCCCCCCC/C=C/C(=O)OC. The summed E-state index contributed by atoms with van der Waals surface area (Å²) >= 11 is 0. The molecule has 0 N–H and O–H groups in total. The summed E-state index contributed by atoms with van der Waals surface area (Å²) in [5, 5.41) is 0. The molecule has 18 heavy (non-hydrogen) atoms. The lowest BCUT2D eigenvalue weighted by Crippen LogP contribution is -1.93. The van der Waals surface area contributed by atoms with Gasteiger partial charge in [0.05, 0.1) is 7.11 Å². The molecule has 0 aromatic heterocycles. The molecule has 0 saturated carbocycles. The van der Waals surface area contributed by atoms with Crippen molar-refractivity contribution < 1.29 is 9.53 Å². The fourth-order valence-corrected chi connectivity index (χ4v) is 2.00. The molecule has 0 spiro atoms. The molecule has 0 radical (unpaired) electrons. The first-order valence-corrected chi connectivity index (χ1v) is 7.55. The van der Waals surface area contributed by atoms with Gasteiger partial charge in [0.2, 0.25) is 0 Å². The fourth-order valence-electron chi connectivity index (χ4n) is 2.00. The molecular formula is C16H30O2. The van der Waals surface area contributed by atoms with Crippen molar-refractivity contribution in [2.45, 2.75) is 77.6 Å². The molecule has 0 saturated heterocycles. The number of carbonyl (C=O) groups is 1. The summed E-state index contributed by atoms with van der Waals surface area (Å²) < 4.78 is 4.52. The number of rotatable bonds is 12. The summed E-state index contributed by atoms with van der Waals surface area (Å²) in [7, 11) is 1.41. The molecule has 106 valence electrons. The second kappa shape index (κ2) is 14.3. The van der Waals surface area contributed by atoms with Crippen LogP contribution in [0, 0.1) is 0 Å². The number of ether oxygens (including phenoxy) is 1. The largest absolute Gasteiger partial charge is 0.466 e. The fraction of sp³-hybridized carbons (Fsp3) is 0.812. The zero-order chi connectivity index (χ0) is 13.5. The average molecular weight is 254 g/mol. The molecule has 0 aromatic carbocycles. The summed E-state index contributed by atoms with van der Waals surface area (Å²) in [6.45, 7) is 2.26. The Balaban J connectivity index is 3.07. The molecule has 0 atom stereocenters. The maximum Gasteiger partial charge on any atom is 0.330 e. The Hall–Kier alpha value is -0.790. The highest BCUT2D eigenvalue weighted by atomic mass is 16.5. The molecule has 0 heterocycles. The summed E-state index contributed by atoms with van der Waals surface area (Å²) in [4.78, 5) is 10.8. The number of hydrogen-bond acceptors (Lipinski definition) is 2. The van der Waals surface area contributed by atoms with Crippen LogP contribution in [0.2, 0.25) is 0 Å². The molecule has 0 aliphatic carbocycles. The van der Waals surface area contributed by atoms with E-state index in [1.54, 1.807) is 0 Å². The van der Waals surface area contributed by atoms with Crippen molar-refractivity contribution in [1.82, 2.24) is 0 Å². The lowest BCUT2D eigenvalue weighted by Gasteiger charge is -2.01. The first-order chi connectivity index (χ1) is 8.81. The van der Waals surface area contributed by atoms with Gasteiger partial charge in [0.1, 0.15) is 0 Å². The number of methoxy groups -OCH3 is 1. The average Bonchev–Trinajstić information content (AvgIpc) is 2.39. The van der Waals surface area contributed by atoms with Gasteiger partial charge in [-0.25, -0.2) is 4.79 Å². The van der Waals surface area contributed by atoms with Crippen LogP contribution in [0.4, 0.5) is 0 Å². The Bertz CT molecular complexity index is 209. The van der Waals surface area contributed by atoms with Crippen LogP contribution in [-0.4, -0.2) is 13.1 Å². The minimum absolute atomic E-state index is 0.248. The maximum atomic E-state index is 10.8. The minimum atomic E-state index is -0.248. The lowest BCUT2D eigenvalue weighted by molar-refractivity contribution is -0.134. The maximum absolute atomic E-state index is 10.8. The zero-order valence-electron chi connectivity index (χ0n) is 12.2. The second-order valence-corrected chi connectivity index (χ2v) is 4.90. The van der Waals surface area contributed by atoms with Crippen molar-refractivity contribution in [3.05, 3.63) is 12.2 Å². The second-order valence-electron chi connectivity index (χ2n) is 4.90. The van der Waals surface area contributed by atoms with Crippen molar-refractivity contribution in [1.29, 1.82) is 0 Å². The number of unbranched alkanes of at least 4 members (excludes halogenated alkanes) is 10. The number of allylic oxidation sites excluding steroid dienone is 1.